The Morgan fingerprint density at radius 3 is 2.90 bits per heavy atom. The summed E-state index contributed by atoms with van der Waals surface area (Å²) in [6.45, 7) is 0.382. The number of carboxylic acids is 1. The molecule has 20 heavy (non-hydrogen) atoms. The van der Waals surface area contributed by atoms with E-state index in [1.165, 1.54) is 4.90 Å². The number of carbonyl (C=O) groups is 2. The van der Waals surface area contributed by atoms with Gasteiger partial charge in [-0.15, -0.1) is 0 Å². The largest absolute Gasteiger partial charge is 0.481 e. The van der Waals surface area contributed by atoms with Crippen LogP contribution < -0.4 is 5.32 Å². The highest BCUT2D eigenvalue weighted by Gasteiger charge is 2.27. The summed E-state index contributed by atoms with van der Waals surface area (Å²) in [6.07, 6.45) is -0.0809. The topological polar surface area (TPSA) is 69.6 Å². The van der Waals surface area contributed by atoms with Crippen molar-refractivity contribution >= 4 is 12.0 Å². The van der Waals surface area contributed by atoms with Crippen LogP contribution in [0.25, 0.3) is 0 Å². The number of carboxylic acid groups (broad SMARTS) is 1. The number of benzene rings is 1. The molecule has 2 rings (SSSR count). The van der Waals surface area contributed by atoms with Crippen molar-refractivity contribution in [1.82, 2.24) is 10.2 Å². The lowest BCUT2D eigenvalue weighted by molar-refractivity contribution is -0.138. The zero-order chi connectivity index (χ0) is 14.7. The summed E-state index contributed by atoms with van der Waals surface area (Å²) < 4.78 is 26.6. The molecule has 1 fully saturated rings. The molecule has 2 N–H and O–H groups in total. The number of rotatable bonds is 4. The Bertz CT molecular complexity index is 536. The van der Waals surface area contributed by atoms with Crippen LogP contribution in [0.15, 0.2) is 18.2 Å². The molecule has 0 spiro atoms. The second-order valence-corrected chi connectivity index (χ2v) is 4.77. The molecule has 7 heteroatoms. The predicted molar refractivity (Wildman–Crippen MR) is 65.9 cm³/mol. The number of hydrogen-bond donors (Lipinski definition) is 2. The average molecular weight is 284 g/mol. The number of halogens is 2. The van der Waals surface area contributed by atoms with Crippen molar-refractivity contribution in [2.45, 2.75) is 13.0 Å². The molecule has 0 aromatic heterocycles. The highest BCUT2D eigenvalue weighted by molar-refractivity contribution is 5.75. The number of amides is 2. The fourth-order valence-corrected chi connectivity index (χ4v) is 2.19. The summed E-state index contributed by atoms with van der Waals surface area (Å²) in [5, 5.41) is 11.3. The van der Waals surface area contributed by atoms with E-state index in [0.717, 1.165) is 18.2 Å². The molecule has 1 aromatic rings. The Labute approximate surface area is 114 Å². The van der Waals surface area contributed by atoms with Gasteiger partial charge in [0.05, 0.1) is 13.0 Å². The van der Waals surface area contributed by atoms with Crippen molar-refractivity contribution in [1.29, 1.82) is 0 Å². The van der Waals surface area contributed by atoms with E-state index in [4.69, 9.17) is 5.11 Å². The van der Waals surface area contributed by atoms with E-state index in [9.17, 15) is 18.4 Å². The van der Waals surface area contributed by atoms with E-state index < -0.39 is 23.6 Å². The third-order valence-corrected chi connectivity index (χ3v) is 3.14. The van der Waals surface area contributed by atoms with Crippen molar-refractivity contribution in [3.8, 4) is 0 Å². The molecular weight excluding hydrogens is 270 g/mol. The summed E-state index contributed by atoms with van der Waals surface area (Å²) in [7, 11) is 0. The van der Waals surface area contributed by atoms with E-state index in [1.807, 2.05) is 0 Å². The molecule has 0 aliphatic carbocycles. The summed E-state index contributed by atoms with van der Waals surface area (Å²) in [5.74, 6) is -2.38. The van der Waals surface area contributed by atoms with Gasteiger partial charge >= 0.3 is 12.0 Å². The first-order valence-corrected chi connectivity index (χ1v) is 6.14. The molecule has 2 amide bonds. The Morgan fingerprint density at radius 1 is 1.45 bits per heavy atom. The Kier molecular flexibility index (Phi) is 4.16. The number of aliphatic carboxylic acids is 1. The van der Waals surface area contributed by atoms with Gasteiger partial charge in [0.15, 0.2) is 0 Å². The van der Waals surface area contributed by atoms with E-state index in [2.05, 4.69) is 5.32 Å². The van der Waals surface area contributed by atoms with Gasteiger partial charge in [0.25, 0.3) is 0 Å². The highest BCUT2D eigenvalue weighted by Crippen LogP contribution is 2.17. The number of hydrogen-bond acceptors (Lipinski definition) is 2. The monoisotopic (exact) mass is 284 g/mol. The molecule has 1 aliphatic rings. The Morgan fingerprint density at radius 2 is 2.20 bits per heavy atom. The lowest BCUT2D eigenvalue weighted by Crippen LogP contribution is -2.51. The number of nitrogens with one attached hydrogen (secondary N) is 1. The van der Waals surface area contributed by atoms with Crippen LogP contribution in [0.3, 0.4) is 0 Å². The molecule has 0 bridgehead atoms. The predicted octanol–water partition coefficient (Wildman–Crippen LogP) is 1.58. The lowest BCUT2D eigenvalue weighted by Gasteiger charge is -2.32. The standard InChI is InChI=1S/C13H14F2N2O3/c14-10-1-2-11(15)9(4-10)7-17-6-8(3-12(18)19)5-16-13(17)20/h1-2,4,8H,3,5-7H2,(H,16,20)(H,18,19). The van der Waals surface area contributed by atoms with Crippen LogP contribution in [0.1, 0.15) is 12.0 Å². The Balaban J connectivity index is 2.08. The molecule has 1 atom stereocenters. The molecule has 108 valence electrons. The van der Waals surface area contributed by atoms with E-state index in [-0.39, 0.29) is 37.5 Å². The second kappa shape index (κ2) is 5.85. The maximum atomic E-state index is 13.5. The van der Waals surface area contributed by atoms with Crippen LogP contribution in [-0.2, 0) is 11.3 Å². The van der Waals surface area contributed by atoms with Gasteiger partial charge in [0.1, 0.15) is 11.6 Å². The van der Waals surface area contributed by atoms with Crippen molar-refractivity contribution < 1.29 is 23.5 Å². The van der Waals surface area contributed by atoms with E-state index in [0.29, 0.717) is 0 Å². The molecule has 5 nitrogen and oxygen atoms in total. The summed E-state index contributed by atoms with van der Waals surface area (Å²) in [5.41, 5.74) is 0.0659. The van der Waals surface area contributed by atoms with Crippen molar-refractivity contribution in [3.63, 3.8) is 0 Å². The molecule has 1 unspecified atom stereocenters. The van der Waals surface area contributed by atoms with Crippen LogP contribution in [0, 0.1) is 17.6 Å². The lowest BCUT2D eigenvalue weighted by atomic mass is 10.0. The fraction of sp³-hybridized carbons (Fsp3) is 0.385. The molecule has 0 saturated carbocycles. The van der Waals surface area contributed by atoms with Crippen LogP contribution in [0.2, 0.25) is 0 Å². The van der Waals surface area contributed by atoms with E-state index >= 15 is 0 Å². The summed E-state index contributed by atoms with van der Waals surface area (Å²) in [6, 6.07) is 2.63. The molecule has 0 radical (unpaired) electrons. The first kappa shape index (κ1) is 14.2. The average Bonchev–Trinajstić information content (AvgIpc) is 2.37. The van der Waals surface area contributed by atoms with Crippen molar-refractivity contribution in [3.05, 3.63) is 35.4 Å². The minimum absolute atomic E-state index is 0.0659. The van der Waals surface area contributed by atoms with Crippen LogP contribution in [-0.4, -0.2) is 35.1 Å². The number of urea groups is 1. The third-order valence-electron chi connectivity index (χ3n) is 3.14. The number of nitrogens with zero attached hydrogens (tertiary/aromatic N) is 1. The maximum Gasteiger partial charge on any atom is 0.317 e. The normalized spacial score (nSPS) is 18.8. The van der Waals surface area contributed by atoms with Crippen molar-refractivity contribution in [2.75, 3.05) is 13.1 Å². The van der Waals surface area contributed by atoms with Crippen LogP contribution in [0.4, 0.5) is 13.6 Å². The zero-order valence-electron chi connectivity index (χ0n) is 10.6. The van der Waals surface area contributed by atoms with Crippen LogP contribution >= 0.6 is 0 Å². The van der Waals surface area contributed by atoms with Gasteiger partial charge in [-0.05, 0) is 18.2 Å². The van der Waals surface area contributed by atoms with Crippen LogP contribution in [0.5, 0.6) is 0 Å². The van der Waals surface area contributed by atoms with E-state index in [1.54, 1.807) is 0 Å². The van der Waals surface area contributed by atoms with Gasteiger partial charge in [-0.1, -0.05) is 0 Å². The maximum absolute atomic E-state index is 13.5. The third kappa shape index (κ3) is 3.43. The SMILES string of the molecule is O=C(O)CC1CNC(=O)N(Cc2cc(F)ccc2F)C1. The summed E-state index contributed by atoms with van der Waals surface area (Å²) in [4.78, 5) is 23.6. The smallest absolute Gasteiger partial charge is 0.317 e. The molecule has 1 heterocycles. The van der Waals surface area contributed by atoms with Crippen molar-refractivity contribution in [2.24, 2.45) is 5.92 Å². The molecule has 1 aromatic carbocycles. The minimum atomic E-state index is -0.956. The fourth-order valence-electron chi connectivity index (χ4n) is 2.19. The first-order valence-electron chi connectivity index (χ1n) is 6.14. The van der Waals surface area contributed by atoms with Gasteiger partial charge in [0, 0.05) is 24.6 Å². The quantitative estimate of drug-likeness (QED) is 0.882. The zero-order valence-corrected chi connectivity index (χ0v) is 10.6. The Hall–Kier alpha value is -2.18. The summed E-state index contributed by atoms with van der Waals surface area (Å²) >= 11 is 0. The molecular formula is C13H14F2N2O3. The van der Waals surface area contributed by atoms with Gasteiger partial charge in [-0.3, -0.25) is 4.79 Å². The van der Waals surface area contributed by atoms with Gasteiger partial charge in [-0.2, -0.15) is 0 Å². The minimum Gasteiger partial charge on any atom is -0.481 e. The van der Waals surface area contributed by atoms with Gasteiger partial charge in [-0.25, -0.2) is 13.6 Å². The van der Waals surface area contributed by atoms with Gasteiger partial charge < -0.3 is 15.3 Å². The highest BCUT2D eigenvalue weighted by atomic mass is 19.1. The second-order valence-electron chi connectivity index (χ2n) is 4.77. The van der Waals surface area contributed by atoms with Gasteiger partial charge in [0.2, 0.25) is 0 Å². The number of carbonyl (C=O) groups excluding carboxylic acids is 1. The molecule has 1 aliphatic heterocycles. The molecule has 1 saturated heterocycles. The first-order chi connectivity index (χ1) is 9.45.